The van der Waals surface area contributed by atoms with Crippen LogP contribution in [0.5, 0.6) is 5.75 Å². The number of amides is 1. The smallest absolute Gasteiger partial charge is 0.251 e. The maximum absolute atomic E-state index is 11.9. The van der Waals surface area contributed by atoms with Gasteiger partial charge in [0.05, 0.1) is 7.11 Å². The number of rotatable bonds is 4. The van der Waals surface area contributed by atoms with Gasteiger partial charge in [0, 0.05) is 17.0 Å². The predicted octanol–water partition coefficient (Wildman–Crippen LogP) is 2.91. The van der Waals surface area contributed by atoms with E-state index in [-0.39, 0.29) is 5.91 Å². The first-order valence-corrected chi connectivity index (χ1v) is 6.34. The number of carbonyl (C=O) groups is 1. The van der Waals surface area contributed by atoms with E-state index in [0.29, 0.717) is 12.1 Å². The molecule has 2 aromatic carbocycles. The second-order valence-electron chi connectivity index (χ2n) is 4.08. The molecule has 0 saturated heterocycles. The molecule has 0 spiro atoms. The molecular weight excluding hydrogens is 258 g/mol. The van der Waals surface area contributed by atoms with Crippen molar-refractivity contribution in [3.05, 3.63) is 59.7 Å². The van der Waals surface area contributed by atoms with E-state index in [9.17, 15) is 4.79 Å². The summed E-state index contributed by atoms with van der Waals surface area (Å²) >= 11 is 4.18. The topological polar surface area (TPSA) is 38.3 Å². The molecule has 0 aliphatic carbocycles. The Labute approximate surface area is 118 Å². The fourth-order valence-electron chi connectivity index (χ4n) is 1.64. The number of nitrogens with one attached hydrogen (secondary N) is 1. The Hall–Kier alpha value is -1.94. The van der Waals surface area contributed by atoms with Crippen molar-refractivity contribution in [2.75, 3.05) is 7.11 Å². The molecule has 0 unspecified atom stereocenters. The summed E-state index contributed by atoms with van der Waals surface area (Å²) in [6.45, 7) is 0.492. The lowest BCUT2D eigenvalue weighted by Crippen LogP contribution is -2.22. The van der Waals surface area contributed by atoms with Crippen molar-refractivity contribution < 1.29 is 9.53 Å². The molecule has 19 heavy (non-hydrogen) atoms. The lowest BCUT2D eigenvalue weighted by molar-refractivity contribution is 0.0951. The molecular formula is C15H15NO2S. The van der Waals surface area contributed by atoms with E-state index in [1.807, 2.05) is 24.3 Å². The Balaban J connectivity index is 1.94. The van der Waals surface area contributed by atoms with Crippen LogP contribution in [0.15, 0.2) is 53.4 Å². The third-order valence-electron chi connectivity index (χ3n) is 2.74. The summed E-state index contributed by atoms with van der Waals surface area (Å²) < 4.78 is 5.08. The van der Waals surface area contributed by atoms with Crippen LogP contribution in [0.1, 0.15) is 15.9 Å². The quantitative estimate of drug-likeness (QED) is 0.841. The highest BCUT2D eigenvalue weighted by Crippen LogP contribution is 2.11. The zero-order valence-corrected chi connectivity index (χ0v) is 11.5. The summed E-state index contributed by atoms with van der Waals surface area (Å²) in [7, 11) is 1.63. The standard InChI is InChI=1S/C15H15NO2S/c1-18-13-6-2-11(3-7-13)10-16-15(17)12-4-8-14(19)9-5-12/h2-9,19H,10H2,1H3,(H,16,17). The Morgan fingerprint density at radius 2 is 1.74 bits per heavy atom. The molecule has 0 saturated carbocycles. The fourth-order valence-corrected chi connectivity index (χ4v) is 1.79. The average Bonchev–Trinajstić information content (AvgIpc) is 2.46. The minimum Gasteiger partial charge on any atom is -0.497 e. The largest absolute Gasteiger partial charge is 0.497 e. The first-order chi connectivity index (χ1) is 9.19. The van der Waals surface area contributed by atoms with Crippen LogP contribution in [0.25, 0.3) is 0 Å². The molecule has 3 nitrogen and oxygen atoms in total. The van der Waals surface area contributed by atoms with Gasteiger partial charge in [0.2, 0.25) is 0 Å². The summed E-state index contributed by atoms with van der Waals surface area (Å²) in [6.07, 6.45) is 0. The van der Waals surface area contributed by atoms with Gasteiger partial charge in [-0.2, -0.15) is 0 Å². The van der Waals surface area contributed by atoms with Gasteiger partial charge >= 0.3 is 0 Å². The number of benzene rings is 2. The number of ether oxygens (including phenoxy) is 1. The van der Waals surface area contributed by atoms with E-state index in [4.69, 9.17) is 4.74 Å². The van der Waals surface area contributed by atoms with Crippen LogP contribution in [-0.4, -0.2) is 13.0 Å². The van der Waals surface area contributed by atoms with Crippen molar-refractivity contribution in [3.8, 4) is 5.75 Å². The fraction of sp³-hybridized carbons (Fsp3) is 0.133. The third kappa shape index (κ3) is 3.76. The van der Waals surface area contributed by atoms with E-state index < -0.39 is 0 Å². The van der Waals surface area contributed by atoms with Crippen LogP contribution >= 0.6 is 12.6 Å². The normalized spacial score (nSPS) is 10.0. The van der Waals surface area contributed by atoms with Crippen LogP contribution in [0.4, 0.5) is 0 Å². The van der Waals surface area contributed by atoms with Crippen LogP contribution in [-0.2, 0) is 6.54 Å². The van der Waals surface area contributed by atoms with Crippen molar-refractivity contribution in [2.24, 2.45) is 0 Å². The van der Waals surface area contributed by atoms with Gasteiger partial charge in [-0.25, -0.2) is 0 Å². The highest BCUT2D eigenvalue weighted by atomic mass is 32.1. The first-order valence-electron chi connectivity index (χ1n) is 5.89. The molecule has 0 atom stereocenters. The highest BCUT2D eigenvalue weighted by Gasteiger charge is 2.04. The van der Waals surface area contributed by atoms with Gasteiger partial charge in [-0.3, -0.25) is 4.79 Å². The van der Waals surface area contributed by atoms with Crippen LogP contribution < -0.4 is 10.1 Å². The first kappa shape index (κ1) is 13.5. The molecule has 0 heterocycles. The summed E-state index contributed by atoms with van der Waals surface area (Å²) in [5, 5.41) is 2.87. The Morgan fingerprint density at radius 3 is 2.32 bits per heavy atom. The zero-order chi connectivity index (χ0) is 13.7. The molecule has 1 N–H and O–H groups in total. The molecule has 0 aromatic heterocycles. The highest BCUT2D eigenvalue weighted by molar-refractivity contribution is 7.80. The number of thiol groups is 1. The molecule has 0 aliphatic heterocycles. The lowest BCUT2D eigenvalue weighted by atomic mass is 10.2. The second kappa shape index (κ2) is 6.29. The third-order valence-corrected chi connectivity index (χ3v) is 3.04. The van der Waals surface area contributed by atoms with Gasteiger partial charge in [-0.15, -0.1) is 12.6 Å². The van der Waals surface area contributed by atoms with Gasteiger partial charge < -0.3 is 10.1 Å². The van der Waals surface area contributed by atoms with Crippen molar-refractivity contribution >= 4 is 18.5 Å². The van der Waals surface area contributed by atoms with Gasteiger partial charge in [0.15, 0.2) is 0 Å². The molecule has 4 heteroatoms. The van der Waals surface area contributed by atoms with Gasteiger partial charge in [-0.05, 0) is 42.0 Å². The van der Waals surface area contributed by atoms with E-state index in [2.05, 4.69) is 17.9 Å². The molecule has 0 bridgehead atoms. The summed E-state index contributed by atoms with van der Waals surface area (Å²) in [4.78, 5) is 12.7. The van der Waals surface area contributed by atoms with Gasteiger partial charge in [0.1, 0.15) is 5.75 Å². The van der Waals surface area contributed by atoms with E-state index in [0.717, 1.165) is 16.2 Å². The average molecular weight is 273 g/mol. The molecule has 1 amide bonds. The van der Waals surface area contributed by atoms with Crippen molar-refractivity contribution in [1.29, 1.82) is 0 Å². The number of carbonyl (C=O) groups excluding carboxylic acids is 1. The Morgan fingerprint density at radius 1 is 1.11 bits per heavy atom. The van der Waals surface area contributed by atoms with Gasteiger partial charge in [0.25, 0.3) is 5.91 Å². The minimum atomic E-state index is -0.0934. The van der Waals surface area contributed by atoms with Crippen LogP contribution in [0, 0.1) is 0 Å². The van der Waals surface area contributed by atoms with Gasteiger partial charge in [-0.1, -0.05) is 12.1 Å². The maximum atomic E-state index is 11.9. The second-order valence-corrected chi connectivity index (χ2v) is 4.59. The Bertz CT molecular complexity index is 549. The number of hydrogen-bond acceptors (Lipinski definition) is 3. The maximum Gasteiger partial charge on any atom is 0.251 e. The molecule has 0 aliphatic rings. The van der Waals surface area contributed by atoms with Crippen molar-refractivity contribution in [2.45, 2.75) is 11.4 Å². The zero-order valence-electron chi connectivity index (χ0n) is 10.6. The summed E-state index contributed by atoms with van der Waals surface area (Å²) in [6, 6.07) is 14.7. The number of hydrogen-bond donors (Lipinski definition) is 2. The van der Waals surface area contributed by atoms with Crippen molar-refractivity contribution in [3.63, 3.8) is 0 Å². The molecule has 0 radical (unpaired) electrons. The van der Waals surface area contributed by atoms with Crippen molar-refractivity contribution in [1.82, 2.24) is 5.32 Å². The molecule has 2 aromatic rings. The Kier molecular flexibility index (Phi) is 4.47. The minimum absolute atomic E-state index is 0.0934. The van der Waals surface area contributed by atoms with E-state index >= 15 is 0 Å². The molecule has 98 valence electrons. The monoisotopic (exact) mass is 273 g/mol. The molecule has 0 fully saturated rings. The summed E-state index contributed by atoms with van der Waals surface area (Å²) in [5.41, 5.74) is 1.66. The van der Waals surface area contributed by atoms with Crippen LogP contribution in [0.3, 0.4) is 0 Å². The molecule has 2 rings (SSSR count). The number of methoxy groups -OCH3 is 1. The summed E-state index contributed by atoms with van der Waals surface area (Å²) in [5.74, 6) is 0.712. The van der Waals surface area contributed by atoms with E-state index in [1.54, 1.807) is 31.4 Å². The SMILES string of the molecule is COc1ccc(CNC(=O)c2ccc(S)cc2)cc1. The predicted molar refractivity (Wildman–Crippen MR) is 77.9 cm³/mol. The van der Waals surface area contributed by atoms with E-state index in [1.165, 1.54) is 0 Å². The van der Waals surface area contributed by atoms with Crippen LogP contribution in [0.2, 0.25) is 0 Å². The lowest BCUT2D eigenvalue weighted by Gasteiger charge is -2.06.